The van der Waals surface area contributed by atoms with E-state index >= 15 is 0 Å². The quantitative estimate of drug-likeness (QED) is 0.630. The van der Waals surface area contributed by atoms with Gasteiger partial charge in [0.2, 0.25) is 0 Å². The Morgan fingerprint density at radius 3 is 3.06 bits per heavy atom. The summed E-state index contributed by atoms with van der Waals surface area (Å²) >= 11 is 3.66. The molecule has 2 rings (SSSR count). The number of hydrogen-bond donors (Lipinski definition) is 1. The summed E-state index contributed by atoms with van der Waals surface area (Å²) in [6, 6.07) is 8.33. The van der Waals surface area contributed by atoms with E-state index in [9.17, 15) is 0 Å². The van der Waals surface area contributed by atoms with Crippen molar-refractivity contribution in [2.24, 2.45) is 0 Å². The first-order valence-electron chi connectivity index (χ1n) is 5.59. The molecule has 0 saturated heterocycles. The van der Waals surface area contributed by atoms with Crippen molar-refractivity contribution < 1.29 is 0 Å². The molecule has 0 spiro atoms. The van der Waals surface area contributed by atoms with Crippen molar-refractivity contribution in [2.45, 2.75) is 17.7 Å². The number of fused-ring (bicyclic) bond motifs is 1. The predicted octanol–water partition coefficient (Wildman–Crippen LogP) is 3.39. The molecule has 0 atom stereocenters. The minimum Gasteiger partial charge on any atom is -0.317 e. The van der Waals surface area contributed by atoms with Crippen LogP contribution in [0.2, 0.25) is 0 Å². The summed E-state index contributed by atoms with van der Waals surface area (Å²) in [5.74, 6) is 1.15. The molecular weight excluding hydrogens is 236 g/mol. The second kappa shape index (κ2) is 6.23. The van der Waals surface area contributed by atoms with E-state index in [4.69, 9.17) is 0 Å². The smallest absolute Gasteiger partial charge is 0.151 e. The van der Waals surface area contributed by atoms with Gasteiger partial charge in [-0.3, -0.25) is 0 Å². The average Bonchev–Trinajstić information content (AvgIpc) is 2.71. The van der Waals surface area contributed by atoms with Crippen molar-refractivity contribution in [3.05, 3.63) is 24.3 Å². The molecule has 2 aromatic rings. The third-order valence-corrected chi connectivity index (χ3v) is 4.51. The molecule has 1 aromatic heterocycles. The number of hydrogen-bond acceptors (Lipinski definition) is 4. The standard InChI is InChI=1S/C12H16N2S2/c1-2-13-8-5-9-15-12-14-10-6-3-4-7-11(10)16-12/h3-4,6-7,13H,2,5,8-9H2,1H3. The van der Waals surface area contributed by atoms with Gasteiger partial charge >= 0.3 is 0 Å². The van der Waals surface area contributed by atoms with Crippen LogP contribution in [-0.4, -0.2) is 23.8 Å². The fraction of sp³-hybridized carbons (Fsp3) is 0.417. The lowest BCUT2D eigenvalue weighted by atomic mass is 10.3. The van der Waals surface area contributed by atoms with Gasteiger partial charge in [0.25, 0.3) is 0 Å². The molecule has 16 heavy (non-hydrogen) atoms. The van der Waals surface area contributed by atoms with Gasteiger partial charge in [0.15, 0.2) is 4.34 Å². The topological polar surface area (TPSA) is 24.9 Å². The van der Waals surface area contributed by atoms with Gasteiger partial charge in [-0.05, 0) is 31.6 Å². The van der Waals surface area contributed by atoms with Gasteiger partial charge < -0.3 is 5.32 Å². The second-order valence-corrected chi connectivity index (χ2v) is 5.88. The third kappa shape index (κ3) is 3.20. The van der Waals surface area contributed by atoms with E-state index in [1.54, 1.807) is 11.3 Å². The Morgan fingerprint density at radius 2 is 2.25 bits per heavy atom. The van der Waals surface area contributed by atoms with Crippen LogP contribution < -0.4 is 5.32 Å². The van der Waals surface area contributed by atoms with Crippen LogP contribution in [0.25, 0.3) is 10.2 Å². The normalized spacial score (nSPS) is 11.1. The minimum absolute atomic E-state index is 1.06. The van der Waals surface area contributed by atoms with Crippen molar-refractivity contribution in [3.8, 4) is 0 Å². The number of rotatable bonds is 6. The molecule has 0 amide bonds. The van der Waals surface area contributed by atoms with Crippen molar-refractivity contribution in [3.63, 3.8) is 0 Å². The van der Waals surface area contributed by atoms with E-state index in [1.165, 1.54) is 15.5 Å². The average molecular weight is 252 g/mol. The number of aromatic nitrogens is 1. The Morgan fingerprint density at radius 1 is 1.38 bits per heavy atom. The van der Waals surface area contributed by atoms with Crippen LogP contribution in [0, 0.1) is 0 Å². The van der Waals surface area contributed by atoms with E-state index in [1.807, 2.05) is 17.8 Å². The Hall–Kier alpha value is -0.580. The first-order valence-corrected chi connectivity index (χ1v) is 7.39. The van der Waals surface area contributed by atoms with Gasteiger partial charge in [-0.25, -0.2) is 4.98 Å². The fourth-order valence-corrected chi connectivity index (χ4v) is 3.52. The SMILES string of the molecule is CCNCCCSc1nc2ccccc2s1. The largest absolute Gasteiger partial charge is 0.317 e. The van der Waals surface area contributed by atoms with Crippen molar-refractivity contribution in [1.29, 1.82) is 0 Å². The number of para-hydroxylation sites is 1. The van der Waals surface area contributed by atoms with Crippen molar-refractivity contribution in [1.82, 2.24) is 10.3 Å². The summed E-state index contributed by atoms with van der Waals surface area (Å²) < 4.78 is 2.48. The first-order chi connectivity index (χ1) is 7.90. The Balaban J connectivity index is 1.85. The number of thiazole rings is 1. The van der Waals surface area contributed by atoms with Crippen LogP contribution in [0.1, 0.15) is 13.3 Å². The molecule has 0 bridgehead atoms. The van der Waals surface area contributed by atoms with Crippen molar-refractivity contribution >= 4 is 33.3 Å². The molecule has 0 unspecified atom stereocenters. The van der Waals surface area contributed by atoms with Crippen LogP contribution in [-0.2, 0) is 0 Å². The summed E-state index contributed by atoms with van der Waals surface area (Å²) in [5.41, 5.74) is 1.13. The predicted molar refractivity (Wildman–Crippen MR) is 73.5 cm³/mol. The third-order valence-electron chi connectivity index (χ3n) is 2.25. The van der Waals surface area contributed by atoms with Gasteiger partial charge in [0, 0.05) is 5.75 Å². The van der Waals surface area contributed by atoms with Gasteiger partial charge in [-0.2, -0.15) is 0 Å². The number of thioether (sulfide) groups is 1. The molecule has 2 nitrogen and oxygen atoms in total. The van der Waals surface area contributed by atoms with Crippen LogP contribution in [0.5, 0.6) is 0 Å². The number of benzene rings is 1. The highest BCUT2D eigenvalue weighted by Crippen LogP contribution is 2.29. The maximum absolute atomic E-state index is 4.59. The summed E-state index contributed by atoms with van der Waals surface area (Å²) in [5, 5.41) is 3.33. The van der Waals surface area contributed by atoms with Crippen molar-refractivity contribution in [2.75, 3.05) is 18.8 Å². The maximum Gasteiger partial charge on any atom is 0.151 e. The van der Waals surface area contributed by atoms with Gasteiger partial charge in [0.1, 0.15) is 0 Å². The van der Waals surface area contributed by atoms with Gasteiger partial charge in [-0.15, -0.1) is 11.3 Å². The molecule has 0 radical (unpaired) electrons. The minimum atomic E-state index is 1.06. The lowest BCUT2D eigenvalue weighted by molar-refractivity contribution is 0.707. The molecule has 86 valence electrons. The lowest BCUT2D eigenvalue weighted by Gasteiger charge is -1.99. The van der Waals surface area contributed by atoms with E-state index in [-0.39, 0.29) is 0 Å². The molecule has 1 N–H and O–H groups in total. The zero-order valence-corrected chi connectivity index (χ0v) is 11.0. The zero-order chi connectivity index (χ0) is 11.2. The first kappa shape index (κ1) is 11.9. The van der Waals surface area contributed by atoms with Crippen LogP contribution in [0.3, 0.4) is 0 Å². The molecule has 0 aliphatic rings. The monoisotopic (exact) mass is 252 g/mol. The molecular formula is C12H16N2S2. The molecule has 1 aromatic carbocycles. The Bertz CT molecular complexity index is 406. The zero-order valence-electron chi connectivity index (χ0n) is 9.40. The summed E-state index contributed by atoms with van der Waals surface area (Å²) in [6.07, 6.45) is 1.20. The molecule has 0 aliphatic heterocycles. The number of nitrogens with one attached hydrogen (secondary N) is 1. The van der Waals surface area contributed by atoms with E-state index in [2.05, 4.69) is 35.4 Å². The van der Waals surface area contributed by atoms with Gasteiger partial charge in [-0.1, -0.05) is 30.8 Å². The molecule has 0 saturated carbocycles. The maximum atomic E-state index is 4.59. The lowest BCUT2D eigenvalue weighted by Crippen LogP contribution is -2.14. The highest BCUT2D eigenvalue weighted by atomic mass is 32.2. The molecule has 0 fully saturated rings. The van der Waals surface area contributed by atoms with Gasteiger partial charge in [0.05, 0.1) is 10.2 Å². The van der Waals surface area contributed by atoms with E-state index < -0.39 is 0 Å². The highest BCUT2D eigenvalue weighted by Gasteiger charge is 2.02. The fourth-order valence-electron chi connectivity index (χ4n) is 1.45. The van der Waals surface area contributed by atoms with Crippen LogP contribution >= 0.6 is 23.1 Å². The van der Waals surface area contributed by atoms with Crippen LogP contribution in [0.4, 0.5) is 0 Å². The molecule has 0 aliphatic carbocycles. The second-order valence-electron chi connectivity index (χ2n) is 3.50. The van der Waals surface area contributed by atoms with Crippen LogP contribution in [0.15, 0.2) is 28.6 Å². The molecule has 1 heterocycles. The Kier molecular flexibility index (Phi) is 4.63. The summed E-state index contributed by atoms with van der Waals surface area (Å²) in [6.45, 7) is 4.31. The highest BCUT2D eigenvalue weighted by molar-refractivity contribution is 8.01. The Labute approximate surface area is 104 Å². The van der Waals surface area contributed by atoms with E-state index in [0.29, 0.717) is 0 Å². The summed E-state index contributed by atoms with van der Waals surface area (Å²) in [4.78, 5) is 4.59. The summed E-state index contributed by atoms with van der Waals surface area (Å²) in [7, 11) is 0. The van der Waals surface area contributed by atoms with E-state index in [0.717, 1.165) is 24.4 Å². The number of nitrogens with zero attached hydrogens (tertiary/aromatic N) is 1. The molecule has 4 heteroatoms.